The van der Waals surface area contributed by atoms with Crippen molar-refractivity contribution in [3.63, 3.8) is 0 Å². The Hall–Kier alpha value is -1.75. The van der Waals surface area contributed by atoms with Gasteiger partial charge in [0.05, 0.1) is 13.7 Å². The van der Waals surface area contributed by atoms with Crippen LogP contribution in [-0.2, 0) is 11.3 Å². The third kappa shape index (κ3) is 3.86. The fourth-order valence-electron chi connectivity index (χ4n) is 1.87. The molecule has 5 nitrogen and oxygen atoms in total. The Morgan fingerprint density at radius 2 is 2.05 bits per heavy atom. The van der Waals surface area contributed by atoms with E-state index in [1.165, 1.54) is 0 Å². The number of amides is 1. The van der Waals surface area contributed by atoms with Crippen LogP contribution in [0, 0.1) is 0 Å². The molecule has 1 amide bonds. The van der Waals surface area contributed by atoms with Crippen molar-refractivity contribution < 1.29 is 19.4 Å². The molecule has 0 aromatic heterocycles. The lowest BCUT2D eigenvalue weighted by atomic mass is 10.2. The number of methoxy groups -OCH3 is 1. The molecule has 5 heteroatoms. The molecule has 104 valence electrons. The molecular weight excluding hydrogens is 246 g/mol. The Morgan fingerprint density at radius 3 is 2.58 bits per heavy atom. The minimum Gasteiger partial charge on any atom is -0.497 e. The quantitative estimate of drug-likeness (QED) is 0.852. The second-order valence-electron chi connectivity index (χ2n) is 4.55. The molecule has 1 aliphatic rings. The van der Waals surface area contributed by atoms with E-state index in [2.05, 4.69) is 0 Å². The fourth-order valence-corrected chi connectivity index (χ4v) is 1.87. The van der Waals surface area contributed by atoms with Crippen LogP contribution in [0.5, 0.6) is 5.75 Å². The Labute approximate surface area is 112 Å². The number of benzene rings is 1. The third-order valence-corrected chi connectivity index (χ3v) is 3.05. The van der Waals surface area contributed by atoms with Crippen molar-refractivity contribution in [2.75, 3.05) is 20.3 Å². The van der Waals surface area contributed by atoms with E-state index in [0.717, 1.165) is 24.2 Å². The number of hydrogen-bond donors (Lipinski definition) is 1. The summed E-state index contributed by atoms with van der Waals surface area (Å²) in [4.78, 5) is 13.6. The van der Waals surface area contributed by atoms with Crippen molar-refractivity contribution in [2.45, 2.75) is 25.4 Å². The summed E-state index contributed by atoms with van der Waals surface area (Å²) >= 11 is 0. The van der Waals surface area contributed by atoms with Gasteiger partial charge < -0.3 is 19.5 Å². The summed E-state index contributed by atoms with van der Waals surface area (Å²) in [5.41, 5.74) is 1.04. The van der Waals surface area contributed by atoms with Gasteiger partial charge in [0.15, 0.2) is 0 Å². The Bertz CT molecular complexity index is 414. The number of hydrogen-bond acceptors (Lipinski definition) is 4. The first-order chi connectivity index (χ1) is 9.24. The second-order valence-corrected chi connectivity index (χ2v) is 4.55. The number of nitrogens with zero attached hydrogens (tertiary/aromatic N) is 1. The lowest BCUT2D eigenvalue weighted by molar-refractivity contribution is 0.0797. The number of carbonyl (C=O) groups excluding carboxylic acids is 1. The van der Waals surface area contributed by atoms with Crippen molar-refractivity contribution in [3.05, 3.63) is 29.8 Å². The summed E-state index contributed by atoms with van der Waals surface area (Å²) in [7, 11) is 1.62. The Kier molecular flexibility index (Phi) is 4.63. The van der Waals surface area contributed by atoms with E-state index in [9.17, 15) is 4.79 Å². The van der Waals surface area contributed by atoms with Crippen molar-refractivity contribution in [3.8, 4) is 5.75 Å². The summed E-state index contributed by atoms with van der Waals surface area (Å²) in [5.74, 6) is 0.796. The van der Waals surface area contributed by atoms with E-state index in [1.54, 1.807) is 12.0 Å². The van der Waals surface area contributed by atoms with Crippen LogP contribution in [0.2, 0.25) is 0 Å². The molecule has 0 spiro atoms. The zero-order chi connectivity index (χ0) is 13.7. The summed E-state index contributed by atoms with van der Waals surface area (Å²) in [6, 6.07) is 7.90. The topological polar surface area (TPSA) is 59.0 Å². The summed E-state index contributed by atoms with van der Waals surface area (Å²) in [6.07, 6.45) is 1.68. The second kappa shape index (κ2) is 6.43. The van der Waals surface area contributed by atoms with Gasteiger partial charge in [-0.25, -0.2) is 4.79 Å². The van der Waals surface area contributed by atoms with Gasteiger partial charge in [-0.15, -0.1) is 0 Å². The van der Waals surface area contributed by atoms with Gasteiger partial charge in [0, 0.05) is 12.6 Å². The van der Waals surface area contributed by atoms with Gasteiger partial charge in [-0.05, 0) is 30.5 Å². The molecule has 0 unspecified atom stereocenters. The first-order valence-corrected chi connectivity index (χ1v) is 6.41. The predicted octanol–water partition coefficient (Wildman–Crippen LogP) is 1.79. The van der Waals surface area contributed by atoms with Crippen LogP contribution in [0.4, 0.5) is 4.79 Å². The predicted molar refractivity (Wildman–Crippen MR) is 70.0 cm³/mol. The number of aliphatic hydroxyl groups excluding tert-OH is 1. The Morgan fingerprint density at radius 1 is 1.37 bits per heavy atom. The highest BCUT2D eigenvalue weighted by molar-refractivity contribution is 5.68. The summed E-state index contributed by atoms with van der Waals surface area (Å²) in [6.45, 7) is 0.427. The van der Waals surface area contributed by atoms with E-state index < -0.39 is 0 Å². The smallest absolute Gasteiger partial charge is 0.410 e. The van der Waals surface area contributed by atoms with Gasteiger partial charge in [0.1, 0.15) is 12.4 Å². The lowest BCUT2D eigenvalue weighted by Gasteiger charge is -2.21. The molecular formula is C14H19NO4. The monoisotopic (exact) mass is 265 g/mol. The van der Waals surface area contributed by atoms with Crippen LogP contribution >= 0.6 is 0 Å². The molecule has 0 bridgehead atoms. The zero-order valence-corrected chi connectivity index (χ0v) is 11.0. The van der Waals surface area contributed by atoms with Gasteiger partial charge in [0.25, 0.3) is 0 Å². The van der Waals surface area contributed by atoms with Crippen molar-refractivity contribution >= 4 is 6.09 Å². The maximum absolute atomic E-state index is 11.9. The molecule has 0 aliphatic heterocycles. The van der Waals surface area contributed by atoms with Gasteiger partial charge in [-0.1, -0.05) is 12.1 Å². The van der Waals surface area contributed by atoms with Crippen LogP contribution in [0.25, 0.3) is 0 Å². The van der Waals surface area contributed by atoms with Crippen molar-refractivity contribution in [2.24, 2.45) is 0 Å². The highest BCUT2D eigenvalue weighted by Gasteiger charge is 2.33. The van der Waals surface area contributed by atoms with Gasteiger partial charge in [0.2, 0.25) is 0 Å². The van der Waals surface area contributed by atoms with Crippen LogP contribution in [-0.4, -0.2) is 42.5 Å². The van der Waals surface area contributed by atoms with E-state index in [-0.39, 0.29) is 25.3 Å². The number of carbonyl (C=O) groups is 1. The van der Waals surface area contributed by atoms with Gasteiger partial charge in [-0.3, -0.25) is 0 Å². The molecule has 0 heterocycles. The Balaban J connectivity index is 1.97. The van der Waals surface area contributed by atoms with Crippen LogP contribution in [0.1, 0.15) is 18.4 Å². The summed E-state index contributed by atoms with van der Waals surface area (Å²) in [5, 5.41) is 8.69. The van der Waals surface area contributed by atoms with E-state index in [0.29, 0.717) is 6.54 Å². The third-order valence-electron chi connectivity index (χ3n) is 3.05. The molecule has 1 aromatic rings. The maximum Gasteiger partial charge on any atom is 0.410 e. The van der Waals surface area contributed by atoms with E-state index in [4.69, 9.17) is 14.6 Å². The highest BCUT2D eigenvalue weighted by atomic mass is 16.6. The average molecular weight is 265 g/mol. The molecule has 1 aromatic carbocycles. The summed E-state index contributed by atoms with van der Waals surface area (Å²) < 4.78 is 10.1. The van der Waals surface area contributed by atoms with E-state index in [1.807, 2.05) is 24.3 Å². The number of aliphatic hydroxyl groups is 1. The largest absolute Gasteiger partial charge is 0.497 e. The normalized spacial score (nSPS) is 14.0. The molecule has 1 saturated carbocycles. The molecule has 19 heavy (non-hydrogen) atoms. The number of ether oxygens (including phenoxy) is 2. The molecule has 0 saturated heterocycles. The van der Waals surface area contributed by atoms with Crippen LogP contribution in [0.3, 0.4) is 0 Å². The first kappa shape index (κ1) is 13.7. The molecule has 1 fully saturated rings. The van der Waals surface area contributed by atoms with Crippen molar-refractivity contribution in [1.82, 2.24) is 4.90 Å². The molecule has 2 rings (SSSR count). The first-order valence-electron chi connectivity index (χ1n) is 6.41. The van der Waals surface area contributed by atoms with E-state index >= 15 is 0 Å². The molecule has 1 N–H and O–H groups in total. The minimum absolute atomic E-state index is 0.0463. The average Bonchev–Trinajstić information content (AvgIpc) is 3.27. The highest BCUT2D eigenvalue weighted by Crippen LogP contribution is 2.29. The van der Waals surface area contributed by atoms with Crippen LogP contribution in [0.15, 0.2) is 24.3 Å². The SMILES string of the molecule is COc1ccc(CN(C(=O)OCCO)C2CC2)cc1. The standard InChI is InChI=1S/C14H19NO4/c1-18-13-6-2-11(3-7-13)10-15(12-4-5-12)14(17)19-9-8-16/h2-3,6-7,12,16H,4-5,8-10H2,1H3. The van der Waals surface area contributed by atoms with Crippen molar-refractivity contribution in [1.29, 1.82) is 0 Å². The van der Waals surface area contributed by atoms with Gasteiger partial charge in [-0.2, -0.15) is 0 Å². The minimum atomic E-state index is -0.354. The maximum atomic E-state index is 11.9. The fraction of sp³-hybridized carbons (Fsp3) is 0.500. The van der Waals surface area contributed by atoms with Crippen LogP contribution < -0.4 is 4.74 Å². The van der Waals surface area contributed by atoms with Gasteiger partial charge >= 0.3 is 6.09 Å². The lowest BCUT2D eigenvalue weighted by Crippen LogP contribution is -2.33. The molecule has 0 atom stereocenters. The zero-order valence-electron chi connectivity index (χ0n) is 11.0. The molecule has 0 radical (unpaired) electrons. The molecule has 1 aliphatic carbocycles. The number of rotatable bonds is 6.